The molecule has 1 saturated heterocycles. The fraction of sp³-hybridized carbons (Fsp3) is 0.923. The van der Waals surface area contributed by atoms with E-state index in [1.54, 1.807) is 0 Å². The maximum Gasteiger partial charge on any atom is 0.256 e. The highest BCUT2D eigenvalue weighted by molar-refractivity contribution is 5.84. The fourth-order valence-electron chi connectivity index (χ4n) is 2.23. The highest BCUT2D eigenvalue weighted by Gasteiger charge is 2.57. The minimum Gasteiger partial charge on any atom is -0.394 e. The van der Waals surface area contributed by atoms with Crippen molar-refractivity contribution in [1.82, 2.24) is 0 Å². The molecule has 7 nitrogen and oxygen atoms in total. The van der Waals surface area contributed by atoms with Crippen molar-refractivity contribution in [2.75, 3.05) is 20.3 Å². The van der Waals surface area contributed by atoms with Crippen LogP contribution in [0.1, 0.15) is 26.7 Å². The molecule has 5 atom stereocenters. The van der Waals surface area contributed by atoms with Gasteiger partial charge in [0.15, 0.2) is 5.78 Å². The summed E-state index contributed by atoms with van der Waals surface area (Å²) < 4.78 is 15.8. The highest BCUT2D eigenvalue weighted by Crippen LogP contribution is 2.32. The first-order chi connectivity index (χ1) is 9.42. The Morgan fingerprint density at radius 2 is 2.10 bits per heavy atom. The molecule has 0 aromatic heterocycles. The van der Waals surface area contributed by atoms with Crippen LogP contribution in [0.3, 0.4) is 0 Å². The predicted molar refractivity (Wildman–Crippen MR) is 69.0 cm³/mol. The second-order valence-corrected chi connectivity index (χ2v) is 4.93. The van der Waals surface area contributed by atoms with Crippen molar-refractivity contribution < 1.29 is 34.3 Å². The number of aliphatic hydroxyl groups is 3. The van der Waals surface area contributed by atoms with E-state index in [1.807, 2.05) is 6.92 Å². The van der Waals surface area contributed by atoms with Crippen molar-refractivity contribution in [2.45, 2.75) is 56.9 Å². The van der Waals surface area contributed by atoms with Crippen LogP contribution in [0.4, 0.5) is 0 Å². The Kier molecular flexibility index (Phi) is 6.50. The number of hydrogen-bond donors (Lipinski definition) is 3. The maximum atomic E-state index is 11.7. The number of Topliss-reactive ketones (excluding diaryl/α,β-unsaturated/α-hetero) is 1. The summed E-state index contributed by atoms with van der Waals surface area (Å²) >= 11 is 0. The van der Waals surface area contributed by atoms with Crippen LogP contribution in [0.15, 0.2) is 0 Å². The average molecular weight is 292 g/mol. The third-order valence-corrected chi connectivity index (χ3v) is 3.48. The van der Waals surface area contributed by atoms with Crippen molar-refractivity contribution in [1.29, 1.82) is 0 Å². The molecule has 118 valence electrons. The minimum absolute atomic E-state index is 0.302. The van der Waals surface area contributed by atoms with Crippen molar-refractivity contribution in [3.63, 3.8) is 0 Å². The number of ketones is 1. The number of methoxy groups -OCH3 is 1. The van der Waals surface area contributed by atoms with Gasteiger partial charge in [-0.1, -0.05) is 13.3 Å². The minimum atomic E-state index is -2.24. The van der Waals surface area contributed by atoms with E-state index in [4.69, 9.17) is 14.2 Å². The van der Waals surface area contributed by atoms with Crippen LogP contribution in [0, 0.1) is 0 Å². The van der Waals surface area contributed by atoms with Gasteiger partial charge in [0.1, 0.15) is 24.4 Å². The second kappa shape index (κ2) is 7.44. The van der Waals surface area contributed by atoms with Crippen molar-refractivity contribution >= 4 is 5.78 Å². The Bertz CT molecular complexity index is 322. The SMILES string of the molecule is CCCCO[C@@H]1[C@@H](OC)[C@H](O)[C@@H](CO)OC1(O)C(C)=O. The molecule has 0 aliphatic carbocycles. The lowest BCUT2D eigenvalue weighted by molar-refractivity contribution is -0.340. The molecule has 0 aromatic carbocycles. The summed E-state index contributed by atoms with van der Waals surface area (Å²) in [4.78, 5) is 11.7. The molecule has 7 heteroatoms. The van der Waals surface area contributed by atoms with E-state index >= 15 is 0 Å². The molecule has 1 heterocycles. The van der Waals surface area contributed by atoms with E-state index in [2.05, 4.69) is 0 Å². The molecule has 20 heavy (non-hydrogen) atoms. The Morgan fingerprint density at radius 1 is 1.45 bits per heavy atom. The zero-order chi connectivity index (χ0) is 15.3. The van der Waals surface area contributed by atoms with Gasteiger partial charge in [0.2, 0.25) is 0 Å². The lowest BCUT2D eigenvalue weighted by atomic mass is 9.90. The maximum absolute atomic E-state index is 11.7. The van der Waals surface area contributed by atoms with Crippen LogP contribution < -0.4 is 0 Å². The van der Waals surface area contributed by atoms with Crippen molar-refractivity contribution in [3.8, 4) is 0 Å². The number of carbonyl (C=O) groups excluding carboxylic acids is 1. The summed E-state index contributed by atoms with van der Waals surface area (Å²) in [6.45, 7) is 2.90. The number of ether oxygens (including phenoxy) is 3. The van der Waals surface area contributed by atoms with E-state index < -0.39 is 42.6 Å². The monoisotopic (exact) mass is 292 g/mol. The van der Waals surface area contributed by atoms with E-state index in [9.17, 15) is 20.1 Å². The third-order valence-electron chi connectivity index (χ3n) is 3.48. The van der Waals surface area contributed by atoms with Gasteiger partial charge < -0.3 is 29.5 Å². The molecular formula is C13H24O7. The fourth-order valence-corrected chi connectivity index (χ4v) is 2.23. The van der Waals surface area contributed by atoms with Gasteiger partial charge >= 0.3 is 0 Å². The number of unbranched alkanes of at least 4 members (excludes halogenated alkanes) is 1. The first-order valence-corrected chi connectivity index (χ1v) is 6.76. The molecule has 0 amide bonds. The topological polar surface area (TPSA) is 105 Å². The Balaban J connectivity index is 2.99. The predicted octanol–water partition coefficient (Wildman–Crippen LogP) is -0.784. The Morgan fingerprint density at radius 3 is 2.55 bits per heavy atom. The molecule has 1 unspecified atom stereocenters. The van der Waals surface area contributed by atoms with Crippen LogP contribution in [-0.4, -0.2) is 71.6 Å². The van der Waals surface area contributed by atoms with Gasteiger partial charge in [0.05, 0.1) is 6.61 Å². The third kappa shape index (κ3) is 3.36. The van der Waals surface area contributed by atoms with Gasteiger partial charge in [-0.3, -0.25) is 4.79 Å². The summed E-state index contributed by atoms with van der Waals surface area (Å²) in [7, 11) is 1.34. The standard InChI is InChI=1S/C13H24O7/c1-4-5-6-19-12-11(18-3)10(16)9(7-14)20-13(12,17)8(2)15/h9-12,14,16-17H,4-7H2,1-3H3/t9-,10-,11+,12-,13?/m1/s1. The summed E-state index contributed by atoms with van der Waals surface area (Å²) in [5.41, 5.74) is 0. The summed E-state index contributed by atoms with van der Waals surface area (Å²) in [6.07, 6.45) is -2.80. The van der Waals surface area contributed by atoms with Crippen molar-refractivity contribution in [2.24, 2.45) is 0 Å². The summed E-state index contributed by atoms with van der Waals surface area (Å²) in [5.74, 6) is -2.90. The number of carbonyl (C=O) groups is 1. The summed E-state index contributed by atoms with van der Waals surface area (Å²) in [6, 6.07) is 0. The Labute approximate surface area is 118 Å². The summed E-state index contributed by atoms with van der Waals surface area (Å²) in [5, 5.41) is 29.7. The van der Waals surface area contributed by atoms with E-state index in [-0.39, 0.29) is 0 Å². The highest BCUT2D eigenvalue weighted by atomic mass is 16.7. The van der Waals surface area contributed by atoms with Gasteiger partial charge in [0, 0.05) is 20.6 Å². The largest absolute Gasteiger partial charge is 0.394 e. The molecule has 0 bridgehead atoms. The zero-order valence-electron chi connectivity index (χ0n) is 12.1. The van der Waals surface area contributed by atoms with Crippen LogP contribution in [0.25, 0.3) is 0 Å². The molecule has 1 fully saturated rings. The molecule has 0 spiro atoms. The van der Waals surface area contributed by atoms with Gasteiger partial charge in [-0.2, -0.15) is 0 Å². The normalized spacial score (nSPS) is 37.9. The first-order valence-electron chi connectivity index (χ1n) is 6.76. The van der Waals surface area contributed by atoms with Gasteiger partial charge in [-0.25, -0.2) is 0 Å². The van der Waals surface area contributed by atoms with Gasteiger partial charge in [0.25, 0.3) is 5.79 Å². The quantitative estimate of drug-likeness (QED) is 0.528. The van der Waals surface area contributed by atoms with Gasteiger partial charge in [-0.05, 0) is 6.42 Å². The molecule has 1 rings (SSSR count). The number of aliphatic hydroxyl groups excluding tert-OH is 2. The molecule has 1 aliphatic heterocycles. The Hall–Kier alpha value is -0.570. The van der Waals surface area contributed by atoms with E-state index in [0.29, 0.717) is 6.61 Å². The van der Waals surface area contributed by atoms with Crippen molar-refractivity contribution in [3.05, 3.63) is 0 Å². The average Bonchev–Trinajstić information content (AvgIpc) is 2.42. The number of hydrogen-bond acceptors (Lipinski definition) is 7. The van der Waals surface area contributed by atoms with Crippen LogP contribution in [0.2, 0.25) is 0 Å². The van der Waals surface area contributed by atoms with E-state index in [0.717, 1.165) is 19.8 Å². The molecule has 0 saturated carbocycles. The second-order valence-electron chi connectivity index (χ2n) is 4.93. The molecule has 1 aliphatic rings. The lowest BCUT2D eigenvalue weighted by Gasteiger charge is -2.47. The van der Waals surface area contributed by atoms with E-state index in [1.165, 1.54) is 7.11 Å². The molecule has 0 aromatic rings. The van der Waals surface area contributed by atoms with Crippen LogP contribution in [-0.2, 0) is 19.0 Å². The molecular weight excluding hydrogens is 268 g/mol. The zero-order valence-corrected chi connectivity index (χ0v) is 12.1. The van der Waals surface area contributed by atoms with Crippen LogP contribution >= 0.6 is 0 Å². The van der Waals surface area contributed by atoms with Crippen LogP contribution in [0.5, 0.6) is 0 Å². The molecule has 0 radical (unpaired) electrons. The molecule has 3 N–H and O–H groups in total. The lowest BCUT2D eigenvalue weighted by Crippen LogP contribution is -2.69. The first kappa shape index (κ1) is 17.5. The van der Waals surface area contributed by atoms with Gasteiger partial charge in [-0.15, -0.1) is 0 Å². The number of rotatable bonds is 7. The smallest absolute Gasteiger partial charge is 0.256 e.